The maximum absolute atomic E-state index is 12.0. The standard InChI is InChI=1S/C37H72NO8P/c1-3-5-7-9-10-11-12-13-14-15-16-17-18-19-20-21-22-23-24-26-28-30-37(41)44-33-35(39)34-46-47(42,43)45-32-31-38-36(40)29-27-25-8-6-4-2/h13-14,35,39H,3-12,15-34H2,1-2H3,(H,38,40)(H,42,43)/b14-13+. The van der Waals surface area contributed by atoms with Crippen LogP contribution in [0.5, 0.6) is 0 Å². The molecule has 2 unspecified atom stereocenters. The van der Waals surface area contributed by atoms with Crippen molar-refractivity contribution in [3.63, 3.8) is 0 Å². The molecular weight excluding hydrogens is 617 g/mol. The summed E-state index contributed by atoms with van der Waals surface area (Å²) in [6.45, 7) is 3.46. The number of ether oxygens (including phenoxy) is 1. The lowest BCUT2D eigenvalue weighted by Crippen LogP contribution is -2.27. The number of allylic oxidation sites excluding steroid dienone is 2. The van der Waals surface area contributed by atoms with Gasteiger partial charge < -0.3 is 20.1 Å². The molecule has 278 valence electrons. The molecule has 47 heavy (non-hydrogen) atoms. The van der Waals surface area contributed by atoms with Gasteiger partial charge in [0, 0.05) is 19.4 Å². The SMILES string of the molecule is CCCCCCCC/C=C/CCCCCCCCCCCCCC(=O)OCC(O)COP(=O)(O)OCCNC(=O)CCCCCCC. The smallest absolute Gasteiger partial charge is 0.463 e. The lowest BCUT2D eigenvalue weighted by Gasteiger charge is -2.15. The molecular formula is C37H72NO8P. The number of rotatable bonds is 36. The van der Waals surface area contributed by atoms with Crippen molar-refractivity contribution in [2.24, 2.45) is 0 Å². The van der Waals surface area contributed by atoms with Crippen molar-refractivity contribution < 1.29 is 37.9 Å². The Hall–Kier alpha value is -1.25. The quantitative estimate of drug-likeness (QED) is 0.0256. The number of nitrogens with one attached hydrogen (secondary N) is 1. The van der Waals surface area contributed by atoms with Crippen LogP contribution in [0.4, 0.5) is 0 Å². The zero-order valence-electron chi connectivity index (χ0n) is 30.2. The first-order valence-corrected chi connectivity index (χ1v) is 20.7. The van der Waals surface area contributed by atoms with Crippen LogP contribution in [0.3, 0.4) is 0 Å². The number of aliphatic hydroxyl groups excluding tert-OH is 1. The Morgan fingerprint density at radius 3 is 1.60 bits per heavy atom. The minimum Gasteiger partial charge on any atom is -0.463 e. The van der Waals surface area contributed by atoms with Crippen molar-refractivity contribution in [3.05, 3.63) is 12.2 Å². The van der Waals surface area contributed by atoms with Gasteiger partial charge in [0.2, 0.25) is 5.91 Å². The van der Waals surface area contributed by atoms with Gasteiger partial charge in [-0.05, 0) is 38.5 Å². The summed E-state index contributed by atoms with van der Waals surface area (Å²) in [6, 6.07) is 0. The summed E-state index contributed by atoms with van der Waals surface area (Å²) in [5.41, 5.74) is 0. The molecule has 3 N–H and O–H groups in total. The summed E-state index contributed by atoms with van der Waals surface area (Å²) < 4.78 is 26.6. The van der Waals surface area contributed by atoms with Gasteiger partial charge in [-0.3, -0.25) is 18.6 Å². The van der Waals surface area contributed by atoms with E-state index in [0.717, 1.165) is 51.4 Å². The predicted molar refractivity (Wildman–Crippen MR) is 192 cm³/mol. The van der Waals surface area contributed by atoms with E-state index in [-0.39, 0.29) is 32.1 Å². The summed E-state index contributed by atoms with van der Waals surface area (Å²) in [6.07, 6.45) is 33.3. The average Bonchev–Trinajstić information content (AvgIpc) is 3.05. The van der Waals surface area contributed by atoms with Crippen LogP contribution in [-0.2, 0) is 27.9 Å². The topological polar surface area (TPSA) is 131 Å². The van der Waals surface area contributed by atoms with Crippen molar-refractivity contribution in [3.8, 4) is 0 Å². The molecule has 0 fully saturated rings. The second-order valence-corrected chi connectivity index (χ2v) is 14.4. The molecule has 0 rings (SSSR count). The van der Waals surface area contributed by atoms with E-state index in [1.165, 1.54) is 103 Å². The molecule has 0 saturated carbocycles. The second kappa shape index (κ2) is 34.6. The van der Waals surface area contributed by atoms with Crippen molar-refractivity contribution in [2.45, 2.75) is 187 Å². The van der Waals surface area contributed by atoms with Gasteiger partial charge in [0.15, 0.2) is 0 Å². The summed E-state index contributed by atoms with van der Waals surface area (Å²) in [5, 5.41) is 12.6. The largest absolute Gasteiger partial charge is 0.472 e. The predicted octanol–water partition coefficient (Wildman–Crippen LogP) is 9.88. The highest BCUT2D eigenvalue weighted by atomic mass is 31.2. The van der Waals surface area contributed by atoms with E-state index >= 15 is 0 Å². The van der Waals surface area contributed by atoms with Gasteiger partial charge in [0.05, 0.1) is 13.2 Å². The van der Waals surface area contributed by atoms with Crippen molar-refractivity contribution in [1.29, 1.82) is 0 Å². The number of amides is 1. The highest BCUT2D eigenvalue weighted by Gasteiger charge is 2.23. The minimum absolute atomic E-state index is 0.0831. The minimum atomic E-state index is -4.39. The van der Waals surface area contributed by atoms with Gasteiger partial charge in [-0.25, -0.2) is 4.57 Å². The molecule has 0 aliphatic heterocycles. The summed E-state index contributed by atoms with van der Waals surface area (Å²) in [7, 11) is -4.39. The number of phosphoric ester groups is 1. The van der Waals surface area contributed by atoms with Crippen LogP contribution in [0, 0.1) is 0 Å². The zero-order chi connectivity index (χ0) is 34.7. The van der Waals surface area contributed by atoms with Crippen molar-refractivity contribution in [2.75, 3.05) is 26.4 Å². The number of aliphatic hydroxyl groups is 1. The maximum atomic E-state index is 12.0. The number of unbranched alkanes of at least 4 members (excludes halogenated alkanes) is 21. The van der Waals surface area contributed by atoms with Crippen LogP contribution in [0.1, 0.15) is 181 Å². The van der Waals surface area contributed by atoms with Gasteiger partial charge in [-0.15, -0.1) is 0 Å². The summed E-state index contributed by atoms with van der Waals surface area (Å²) in [5.74, 6) is -0.526. The summed E-state index contributed by atoms with van der Waals surface area (Å²) in [4.78, 5) is 33.5. The first-order chi connectivity index (χ1) is 22.8. The van der Waals surface area contributed by atoms with Crippen LogP contribution < -0.4 is 5.32 Å². The van der Waals surface area contributed by atoms with E-state index in [4.69, 9.17) is 13.8 Å². The number of carbonyl (C=O) groups excluding carboxylic acids is 2. The molecule has 0 aromatic rings. The number of hydrogen-bond acceptors (Lipinski definition) is 7. The Bertz CT molecular complexity index is 794. The first-order valence-electron chi connectivity index (χ1n) is 19.2. The molecule has 0 heterocycles. The molecule has 2 atom stereocenters. The highest BCUT2D eigenvalue weighted by molar-refractivity contribution is 7.47. The molecule has 0 aliphatic rings. The number of phosphoric acid groups is 1. The molecule has 0 aromatic heterocycles. The Kier molecular flexibility index (Phi) is 33.7. The normalized spacial score (nSPS) is 13.5. The van der Waals surface area contributed by atoms with Crippen LogP contribution >= 0.6 is 7.82 Å². The number of hydrogen-bond donors (Lipinski definition) is 3. The molecule has 0 aliphatic carbocycles. The third-order valence-electron chi connectivity index (χ3n) is 8.20. The van der Waals surface area contributed by atoms with E-state index in [1.54, 1.807) is 0 Å². The first kappa shape index (κ1) is 45.8. The van der Waals surface area contributed by atoms with E-state index < -0.39 is 26.5 Å². The lowest BCUT2D eigenvalue weighted by atomic mass is 10.0. The fourth-order valence-corrected chi connectivity index (χ4v) is 6.01. The molecule has 9 nitrogen and oxygen atoms in total. The van der Waals surface area contributed by atoms with E-state index in [0.29, 0.717) is 6.42 Å². The Morgan fingerprint density at radius 2 is 1.09 bits per heavy atom. The average molecular weight is 690 g/mol. The van der Waals surface area contributed by atoms with Gasteiger partial charge in [-0.1, -0.05) is 142 Å². The molecule has 1 amide bonds. The van der Waals surface area contributed by atoms with Crippen LogP contribution in [0.25, 0.3) is 0 Å². The van der Waals surface area contributed by atoms with Crippen LogP contribution in [0.15, 0.2) is 12.2 Å². The van der Waals surface area contributed by atoms with E-state index in [2.05, 4.69) is 31.3 Å². The Balaban J connectivity index is 3.53. The molecule has 0 saturated heterocycles. The lowest BCUT2D eigenvalue weighted by molar-refractivity contribution is -0.147. The monoisotopic (exact) mass is 689 g/mol. The van der Waals surface area contributed by atoms with Gasteiger partial charge in [-0.2, -0.15) is 0 Å². The van der Waals surface area contributed by atoms with Gasteiger partial charge in [0.1, 0.15) is 12.7 Å². The number of carbonyl (C=O) groups is 2. The molecule has 10 heteroatoms. The van der Waals surface area contributed by atoms with Gasteiger partial charge >= 0.3 is 13.8 Å². The Morgan fingerprint density at radius 1 is 0.638 bits per heavy atom. The number of esters is 1. The third-order valence-corrected chi connectivity index (χ3v) is 9.18. The van der Waals surface area contributed by atoms with E-state index in [1.807, 2.05) is 0 Å². The zero-order valence-corrected chi connectivity index (χ0v) is 31.1. The van der Waals surface area contributed by atoms with Crippen LogP contribution in [-0.4, -0.2) is 54.3 Å². The fraction of sp³-hybridized carbons (Fsp3) is 0.892. The second-order valence-electron chi connectivity index (χ2n) is 12.9. The van der Waals surface area contributed by atoms with Crippen molar-refractivity contribution in [1.82, 2.24) is 5.32 Å². The molecule has 0 bridgehead atoms. The van der Waals surface area contributed by atoms with Gasteiger partial charge in [0.25, 0.3) is 0 Å². The third kappa shape index (κ3) is 35.9. The Labute approximate surface area is 288 Å². The summed E-state index contributed by atoms with van der Waals surface area (Å²) >= 11 is 0. The van der Waals surface area contributed by atoms with Crippen molar-refractivity contribution >= 4 is 19.7 Å². The molecule has 0 radical (unpaired) electrons. The van der Waals surface area contributed by atoms with E-state index in [9.17, 15) is 24.2 Å². The molecule has 0 aromatic carbocycles. The highest BCUT2D eigenvalue weighted by Crippen LogP contribution is 2.42. The molecule has 0 spiro atoms. The maximum Gasteiger partial charge on any atom is 0.472 e. The fourth-order valence-electron chi connectivity index (χ4n) is 5.26. The van der Waals surface area contributed by atoms with Crippen LogP contribution in [0.2, 0.25) is 0 Å².